The van der Waals surface area contributed by atoms with Crippen molar-refractivity contribution < 1.29 is 13.9 Å². The van der Waals surface area contributed by atoms with E-state index in [1.54, 1.807) is 17.4 Å². The third-order valence-corrected chi connectivity index (χ3v) is 3.59. The van der Waals surface area contributed by atoms with E-state index in [2.05, 4.69) is 0 Å². The molecule has 2 rings (SSSR count). The first-order valence-electron chi connectivity index (χ1n) is 5.60. The molecule has 1 heterocycles. The summed E-state index contributed by atoms with van der Waals surface area (Å²) in [4.78, 5) is 13.1. The zero-order valence-electron chi connectivity index (χ0n) is 9.98. The first kappa shape index (κ1) is 12.8. The van der Waals surface area contributed by atoms with Gasteiger partial charge in [0.15, 0.2) is 17.3 Å². The molecule has 0 saturated carbocycles. The van der Waals surface area contributed by atoms with Crippen LogP contribution in [0.5, 0.6) is 5.75 Å². The van der Waals surface area contributed by atoms with Crippen LogP contribution in [0.3, 0.4) is 0 Å². The van der Waals surface area contributed by atoms with Gasteiger partial charge in [0, 0.05) is 16.9 Å². The van der Waals surface area contributed by atoms with Crippen LogP contribution in [-0.2, 0) is 6.42 Å². The van der Waals surface area contributed by atoms with Crippen LogP contribution in [0.1, 0.15) is 21.7 Å². The van der Waals surface area contributed by atoms with E-state index < -0.39 is 5.82 Å². The van der Waals surface area contributed by atoms with Crippen molar-refractivity contribution in [1.29, 1.82) is 0 Å². The van der Waals surface area contributed by atoms with Crippen LogP contribution in [0.25, 0.3) is 0 Å². The van der Waals surface area contributed by atoms with Gasteiger partial charge in [-0.2, -0.15) is 0 Å². The Morgan fingerprint density at radius 2 is 2.22 bits per heavy atom. The van der Waals surface area contributed by atoms with Gasteiger partial charge in [0.05, 0.1) is 7.11 Å². The number of aryl methyl sites for hydroxylation is 1. The van der Waals surface area contributed by atoms with Gasteiger partial charge in [-0.3, -0.25) is 4.79 Å². The summed E-state index contributed by atoms with van der Waals surface area (Å²) in [7, 11) is 1.40. The highest BCUT2D eigenvalue weighted by molar-refractivity contribution is 7.09. The quantitative estimate of drug-likeness (QED) is 0.769. The second-order valence-electron chi connectivity index (χ2n) is 3.85. The lowest BCUT2D eigenvalue weighted by atomic mass is 10.1. The van der Waals surface area contributed by atoms with Crippen molar-refractivity contribution >= 4 is 17.1 Å². The van der Waals surface area contributed by atoms with E-state index in [0.29, 0.717) is 18.4 Å². The molecule has 0 N–H and O–H groups in total. The molecule has 0 aliphatic rings. The zero-order chi connectivity index (χ0) is 13.0. The van der Waals surface area contributed by atoms with Crippen LogP contribution in [0.2, 0.25) is 0 Å². The predicted octanol–water partition coefficient (Wildman–Crippen LogP) is 3.71. The van der Waals surface area contributed by atoms with Crippen LogP contribution in [-0.4, -0.2) is 12.9 Å². The molecule has 2 nitrogen and oxygen atoms in total. The van der Waals surface area contributed by atoms with Gasteiger partial charge in [-0.05, 0) is 36.1 Å². The minimum Gasteiger partial charge on any atom is -0.494 e. The number of carbonyl (C=O) groups is 1. The maximum atomic E-state index is 13.4. The number of rotatable bonds is 5. The number of hydrogen-bond acceptors (Lipinski definition) is 3. The lowest BCUT2D eigenvalue weighted by Crippen LogP contribution is -2.01. The molecular formula is C14H13FO2S. The first-order valence-corrected chi connectivity index (χ1v) is 6.48. The Morgan fingerprint density at radius 1 is 1.39 bits per heavy atom. The third kappa shape index (κ3) is 2.96. The van der Waals surface area contributed by atoms with Gasteiger partial charge in [0.2, 0.25) is 0 Å². The molecule has 0 amide bonds. The maximum Gasteiger partial charge on any atom is 0.165 e. The number of ketones is 1. The van der Waals surface area contributed by atoms with E-state index in [4.69, 9.17) is 4.74 Å². The number of halogens is 1. The Morgan fingerprint density at radius 3 is 2.83 bits per heavy atom. The van der Waals surface area contributed by atoms with Gasteiger partial charge in [-0.1, -0.05) is 6.07 Å². The summed E-state index contributed by atoms with van der Waals surface area (Å²) in [6.45, 7) is 0. The summed E-state index contributed by atoms with van der Waals surface area (Å²) < 4.78 is 18.3. The van der Waals surface area contributed by atoms with Gasteiger partial charge in [-0.15, -0.1) is 11.3 Å². The molecule has 0 atom stereocenters. The first-order chi connectivity index (χ1) is 8.70. The van der Waals surface area contributed by atoms with Crippen LogP contribution >= 0.6 is 11.3 Å². The number of Topliss-reactive ketones (excluding diaryl/α,β-unsaturated/α-hetero) is 1. The molecule has 0 fully saturated rings. The second kappa shape index (κ2) is 5.78. The molecule has 0 unspecified atom stereocenters. The molecule has 0 aliphatic carbocycles. The number of ether oxygens (including phenoxy) is 1. The molecular weight excluding hydrogens is 251 g/mol. The Balaban J connectivity index is 2.02. The normalized spacial score (nSPS) is 10.3. The number of thiophene rings is 1. The summed E-state index contributed by atoms with van der Waals surface area (Å²) in [6.07, 6.45) is 1.09. The summed E-state index contributed by atoms with van der Waals surface area (Å²) in [5.74, 6) is -0.394. The molecule has 2 aromatic rings. The largest absolute Gasteiger partial charge is 0.494 e. The molecule has 0 aliphatic heterocycles. The van der Waals surface area contributed by atoms with E-state index >= 15 is 0 Å². The second-order valence-corrected chi connectivity index (χ2v) is 4.88. The fourth-order valence-electron chi connectivity index (χ4n) is 1.68. The van der Waals surface area contributed by atoms with Crippen molar-refractivity contribution in [2.45, 2.75) is 12.8 Å². The minimum absolute atomic E-state index is 0.0510. The van der Waals surface area contributed by atoms with Gasteiger partial charge >= 0.3 is 0 Å². The highest BCUT2D eigenvalue weighted by atomic mass is 32.1. The van der Waals surface area contributed by atoms with Crippen molar-refractivity contribution in [2.24, 2.45) is 0 Å². The van der Waals surface area contributed by atoms with Crippen LogP contribution in [0.4, 0.5) is 4.39 Å². The van der Waals surface area contributed by atoms with Crippen molar-refractivity contribution in [1.82, 2.24) is 0 Å². The van der Waals surface area contributed by atoms with E-state index in [1.807, 2.05) is 17.5 Å². The SMILES string of the molecule is COc1ccc(C(=O)CCc2cccs2)cc1F. The minimum atomic E-state index is -0.500. The standard InChI is InChI=1S/C14H13FO2S/c1-17-14-7-4-10(9-12(14)15)13(16)6-5-11-3-2-8-18-11/h2-4,7-9H,5-6H2,1H3. The number of hydrogen-bond donors (Lipinski definition) is 0. The number of methoxy groups -OCH3 is 1. The summed E-state index contributed by atoms with van der Waals surface area (Å²) in [5, 5.41) is 1.98. The molecule has 18 heavy (non-hydrogen) atoms. The van der Waals surface area contributed by atoms with Crippen LogP contribution < -0.4 is 4.74 Å². The van der Waals surface area contributed by atoms with Gasteiger partial charge in [0.1, 0.15) is 0 Å². The number of carbonyl (C=O) groups excluding carboxylic acids is 1. The Kier molecular flexibility index (Phi) is 4.10. The van der Waals surface area contributed by atoms with Gasteiger partial charge < -0.3 is 4.74 Å². The molecule has 1 aromatic carbocycles. The lowest BCUT2D eigenvalue weighted by Gasteiger charge is -2.04. The van der Waals surface area contributed by atoms with Crippen molar-refractivity contribution in [3.05, 3.63) is 52.0 Å². The predicted molar refractivity (Wildman–Crippen MR) is 69.9 cm³/mol. The zero-order valence-corrected chi connectivity index (χ0v) is 10.8. The molecule has 0 saturated heterocycles. The molecule has 1 aromatic heterocycles. The van der Waals surface area contributed by atoms with Crippen molar-refractivity contribution in [3.8, 4) is 5.75 Å². The molecule has 94 valence electrons. The lowest BCUT2D eigenvalue weighted by molar-refractivity contribution is 0.0982. The Hall–Kier alpha value is -1.68. The average molecular weight is 264 g/mol. The Bertz CT molecular complexity index is 535. The van der Waals surface area contributed by atoms with E-state index in [-0.39, 0.29) is 11.5 Å². The topological polar surface area (TPSA) is 26.3 Å². The van der Waals surface area contributed by atoms with Gasteiger partial charge in [0.25, 0.3) is 0 Å². The van der Waals surface area contributed by atoms with Crippen LogP contribution in [0, 0.1) is 5.82 Å². The smallest absolute Gasteiger partial charge is 0.165 e. The van der Waals surface area contributed by atoms with E-state index in [9.17, 15) is 9.18 Å². The van der Waals surface area contributed by atoms with Crippen LogP contribution in [0.15, 0.2) is 35.7 Å². The summed E-state index contributed by atoms with van der Waals surface area (Å²) in [6, 6.07) is 8.26. The average Bonchev–Trinajstić information content (AvgIpc) is 2.89. The van der Waals surface area contributed by atoms with Crippen molar-refractivity contribution in [2.75, 3.05) is 7.11 Å². The molecule has 4 heteroatoms. The van der Waals surface area contributed by atoms with E-state index in [1.165, 1.54) is 19.2 Å². The Labute approximate surface area is 109 Å². The molecule has 0 radical (unpaired) electrons. The molecule has 0 spiro atoms. The van der Waals surface area contributed by atoms with E-state index in [0.717, 1.165) is 4.88 Å². The molecule has 0 bridgehead atoms. The fourth-order valence-corrected chi connectivity index (χ4v) is 2.38. The highest BCUT2D eigenvalue weighted by Crippen LogP contribution is 2.19. The highest BCUT2D eigenvalue weighted by Gasteiger charge is 2.10. The third-order valence-electron chi connectivity index (χ3n) is 2.65. The van der Waals surface area contributed by atoms with Gasteiger partial charge in [-0.25, -0.2) is 4.39 Å². The maximum absolute atomic E-state index is 13.4. The summed E-state index contributed by atoms with van der Waals surface area (Å²) in [5.41, 5.74) is 0.393. The fraction of sp³-hybridized carbons (Fsp3) is 0.214. The number of benzene rings is 1. The summed E-state index contributed by atoms with van der Waals surface area (Å²) >= 11 is 1.62. The van der Waals surface area contributed by atoms with Crippen molar-refractivity contribution in [3.63, 3.8) is 0 Å². The monoisotopic (exact) mass is 264 g/mol.